The molecule has 0 saturated carbocycles. The van der Waals surface area contributed by atoms with Crippen molar-refractivity contribution in [2.24, 2.45) is 7.05 Å². The van der Waals surface area contributed by atoms with E-state index in [4.69, 9.17) is 16.7 Å². The molecule has 0 atom stereocenters. The monoisotopic (exact) mass is 265 g/mol. The Labute approximate surface area is 109 Å². The van der Waals surface area contributed by atoms with Crippen LogP contribution in [0.5, 0.6) is 0 Å². The van der Waals surface area contributed by atoms with Crippen molar-refractivity contribution in [2.45, 2.75) is 12.8 Å². The van der Waals surface area contributed by atoms with Gasteiger partial charge in [0.25, 0.3) is 0 Å². The number of aliphatic carboxylic acids is 1. The summed E-state index contributed by atoms with van der Waals surface area (Å²) < 4.78 is 1.69. The molecule has 0 aliphatic carbocycles. The highest BCUT2D eigenvalue weighted by Gasteiger charge is 2.09. The summed E-state index contributed by atoms with van der Waals surface area (Å²) in [7, 11) is 1.80. The molecule has 0 unspecified atom stereocenters. The van der Waals surface area contributed by atoms with Crippen LogP contribution < -0.4 is 0 Å². The second kappa shape index (κ2) is 5.18. The van der Waals surface area contributed by atoms with E-state index in [1.165, 1.54) is 0 Å². The molecule has 0 aromatic carbocycles. The first kappa shape index (κ1) is 12.6. The number of nitrogens with zero attached hydrogens (tertiary/aromatic N) is 3. The molecule has 5 nitrogen and oxygen atoms in total. The molecule has 6 heteroatoms. The lowest BCUT2D eigenvalue weighted by Crippen LogP contribution is -1.99. The topological polar surface area (TPSA) is 68.0 Å². The zero-order valence-corrected chi connectivity index (χ0v) is 10.6. The number of rotatable bonds is 4. The Morgan fingerprint density at radius 1 is 1.50 bits per heavy atom. The van der Waals surface area contributed by atoms with Crippen LogP contribution in [-0.4, -0.2) is 25.8 Å². The van der Waals surface area contributed by atoms with E-state index in [1.807, 2.05) is 6.07 Å². The zero-order valence-electron chi connectivity index (χ0n) is 9.80. The highest BCUT2D eigenvalue weighted by atomic mass is 35.5. The summed E-state index contributed by atoms with van der Waals surface area (Å²) in [5.74, 6) is -0.827. The fourth-order valence-electron chi connectivity index (χ4n) is 1.65. The van der Waals surface area contributed by atoms with E-state index in [2.05, 4.69) is 10.1 Å². The molecular formula is C12H12ClN3O2. The van der Waals surface area contributed by atoms with Crippen LogP contribution in [0.25, 0.3) is 11.4 Å². The lowest BCUT2D eigenvalue weighted by molar-refractivity contribution is -0.136. The largest absolute Gasteiger partial charge is 0.481 e. The highest BCUT2D eigenvalue weighted by molar-refractivity contribution is 6.30. The Hall–Kier alpha value is -1.88. The Morgan fingerprint density at radius 3 is 2.89 bits per heavy atom. The number of pyridine rings is 1. The van der Waals surface area contributed by atoms with E-state index >= 15 is 0 Å². The molecule has 0 spiro atoms. The average Bonchev–Trinajstić information content (AvgIpc) is 2.69. The van der Waals surface area contributed by atoms with Crippen LogP contribution in [0.4, 0.5) is 0 Å². The first-order chi connectivity index (χ1) is 8.56. The summed E-state index contributed by atoms with van der Waals surface area (Å²) in [5.41, 5.74) is 2.34. The number of hydrogen-bond acceptors (Lipinski definition) is 3. The van der Waals surface area contributed by atoms with Gasteiger partial charge in [0.1, 0.15) is 0 Å². The predicted molar refractivity (Wildman–Crippen MR) is 67.4 cm³/mol. The van der Waals surface area contributed by atoms with Crippen molar-refractivity contribution in [1.82, 2.24) is 14.8 Å². The molecule has 0 bridgehead atoms. The van der Waals surface area contributed by atoms with E-state index in [-0.39, 0.29) is 6.42 Å². The fourth-order valence-corrected chi connectivity index (χ4v) is 1.76. The Bertz CT molecular complexity index is 563. The first-order valence-electron chi connectivity index (χ1n) is 5.43. The zero-order chi connectivity index (χ0) is 13.1. The molecule has 2 rings (SSSR count). The molecule has 2 aromatic heterocycles. The minimum absolute atomic E-state index is 0.0739. The van der Waals surface area contributed by atoms with Crippen LogP contribution in [-0.2, 0) is 18.3 Å². The lowest BCUT2D eigenvalue weighted by Gasteiger charge is -1.99. The first-order valence-corrected chi connectivity index (χ1v) is 5.80. The van der Waals surface area contributed by atoms with Crippen LogP contribution >= 0.6 is 11.6 Å². The van der Waals surface area contributed by atoms with Crippen LogP contribution in [0.2, 0.25) is 5.02 Å². The quantitative estimate of drug-likeness (QED) is 0.920. The van der Waals surface area contributed by atoms with Gasteiger partial charge in [0.2, 0.25) is 0 Å². The van der Waals surface area contributed by atoms with Gasteiger partial charge in [-0.15, -0.1) is 0 Å². The third-order valence-corrected chi connectivity index (χ3v) is 2.74. The molecule has 0 aliphatic heterocycles. The summed E-state index contributed by atoms with van der Waals surface area (Å²) in [6.45, 7) is 0. The summed E-state index contributed by atoms with van der Waals surface area (Å²) in [4.78, 5) is 14.7. The molecule has 2 heterocycles. The number of carboxylic acid groups (broad SMARTS) is 1. The molecule has 2 aromatic rings. The van der Waals surface area contributed by atoms with Gasteiger partial charge in [-0.3, -0.25) is 14.5 Å². The van der Waals surface area contributed by atoms with E-state index in [0.717, 1.165) is 17.1 Å². The minimum atomic E-state index is -0.827. The van der Waals surface area contributed by atoms with Crippen LogP contribution in [0.1, 0.15) is 12.1 Å². The van der Waals surface area contributed by atoms with Crippen molar-refractivity contribution < 1.29 is 9.90 Å². The van der Waals surface area contributed by atoms with Gasteiger partial charge >= 0.3 is 5.97 Å². The van der Waals surface area contributed by atoms with Crippen molar-refractivity contribution in [2.75, 3.05) is 0 Å². The summed E-state index contributed by atoms with van der Waals surface area (Å²) in [6.07, 6.45) is 2.06. The standard InChI is InChI=1S/C12H12ClN3O2/c1-16-11(10-4-2-8(13)7-14-10)6-9(15-16)3-5-12(17)18/h2,4,6-7H,3,5H2,1H3,(H,17,18). The highest BCUT2D eigenvalue weighted by Crippen LogP contribution is 2.19. The third-order valence-electron chi connectivity index (χ3n) is 2.52. The molecule has 0 radical (unpaired) electrons. The Morgan fingerprint density at radius 2 is 2.28 bits per heavy atom. The SMILES string of the molecule is Cn1nc(CCC(=O)O)cc1-c1ccc(Cl)cn1. The molecule has 18 heavy (non-hydrogen) atoms. The van der Waals surface area contributed by atoms with Crippen molar-refractivity contribution in [3.05, 3.63) is 35.1 Å². The predicted octanol–water partition coefficient (Wildman–Crippen LogP) is 2.15. The molecule has 0 fully saturated rings. The van der Waals surface area contributed by atoms with Crippen molar-refractivity contribution >= 4 is 17.6 Å². The maximum atomic E-state index is 10.5. The van der Waals surface area contributed by atoms with E-state index in [9.17, 15) is 4.79 Å². The van der Waals surface area contributed by atoms with Gasteiger partial charge in [0.05, 0.1) is 28.5 Å². The fraction of sp³-hybridized carbons (Fsp3) is 0.250. The smallest absolute Gasteiger partial charge is 0.303 e. The second-order valence-electron chi connectivity index (χ2n) is 3.90. The minimum Gasteiger partial charge on any atom is -0.481 e. The molecule has 94 valence electrons. The van der Waals surface area contributed by atoms with Gasteiger partial charge in [-0.1, -0.05) is 11.6 Å². The van der Waals surface area contributed by atoms with Gasteiger partial charge < -0.3 is 5.11 Å². The van der Waals surface area contributed by atoms with E-state index < -0.39 is 5.97 Å². The summed E-state index contributed by atoms with van der Waals surface area (Å²) >= 11 is 5.78. The summed E-state index contributed by atoms with van der Waals surface area (Å²) in [6, 6.07) is 5.41. The maximum Gasteiger partial charge on any atom is 0.303 e. The number of aromatic nitrogens is 3. The molecule has 0 saturated heterocycles. The van der Waals surface area contributed by atoms with Crippen molar-refractivity contribution in [3.8, 4) is 11.4 Å². The van der Waals surface area contributed by atoms with Gasteiger partial charge in [0, 0.05) is 19.7 Å². The third kappa shape index (κ3) is 2.87. The van der Waals surface area contributed by atoms with Gasteiger partial charge in [-0.05, 0) is 18.2 Å². The molecule has 0 amide bonds. The van der Waals surface area contributed by atoms with Crippen LogP contribution in [0.15, 0.2) is 24.4 Å². The normalized spacial score (nSPS) is 10.6. The van der Waals surface area contributed by atoms with E-state index in [0.29, 0.717) is 11.4 Å². The molecule has 0 aliphatic rings. The molecular weight excluding hydrogens is 254 g/mol. The molecule has 1 N–H and O–H groups in total. The summed E-state index contributed by atoms with van der Waals surface area (Å²) in [5, 5.41) is 13.5. The van der Waals surface area contributed by atoms with Gasteiger partial charge in [-0.2, -0.15) is 5.10 Å². The Kier molecular flexibility index (Phi) is 3.62. The second-order valence-corrected chi connectivity index (χ2v) is 4.34. The Balaban J connectivity index is 2.23. The van der Waals surface area contributed by atoms with Gasteiger partial charge in [0.15, 0.2) is 0 Å². The van der Waals surface area contributed by atoms with Gasteiger partial charge in [-0.25, -0.2) is 0 Å². The van der Waals surface area contributed by atoms with Crippen molar-refractivity contribution in [3.63, 3.8) is 0 Å². The van der Waals surface area contributed by atoms with Crippen molar-refractivity contribution in [1.29, 1.82) is 0 Å². The number of carbonyl (C=O) groups is 1. The lowest BCUT2D eigenvalue weighted by atomic mass is 10.2. The number of carboxylic acids is 1. The van der Waals surface area contributed by atoms with Crippen LogP contribution in [0.3, 0.4) is 0 Å². The number of hydrogen-bond donors (Lipinski definition) is 1. The number of aryl methyl sites for hydroxylation is 2. The van der Waals surface area contributed by atoms with Crippen LogP contribution in [0, 0.1) is 0 Å². The average molecular weight is 266 g/mol. The maximum absolute atomic E-state index is 10.5. The van der Waals surface area contributed by atoms with E-state index in [1.54, 1.807) is 30.1 Å². The number of halogens is 1.